The molecule has 2 rings (SSSR count). The van der Waals surface area contributed by atoms with E-state index < -0.39 is 12.7 Å². The van der Waals surface area contributed by atoms with Crippen molar-refractivity contribution in [1.29, 1.82) is 0 Å². The summed E-state index contributed by atoms with van der Waals surface area (Å²) < 4.78 is 38.8. The molecule has 2 aromatic rings. The Morgan fingerprint density at radius 1 is 1.32 bits per heavy atom. The molecule has 0 amide bonds. The van der Waals surface area contributed by atoms with Gasteiger partial charge in [0.15, 0.2) is 5.78 Å². The SMILES string of the molecule is Cc1cc(C(=O)CSc2ccccn2)c(C)n1CC(F)(F)F. The zero-order valence-corrected chi connectivity index (χ0v) is 13.0. The van der Waals surface area contributed by atoms with Crippen molar-refractivity contribution in [3.05, 3.63) is 47.4 Å². The highest BCUT2D eigenvalue weighted by Gasteiger charge is 2.30. The smallest absolute Gasteiger partial charge is 0.339 e. The summed E-state index contributed by atoms with van der Waals surface area (Å²) in [5.41, 5.74) is 1.12. The van der Waals surface area contributed by atoms with Crippen LogP contribution >= 0.6 is 11.8 Å². The van der Waals surface area contributed by atoms with E-state index >= 15 is 0 Å². The minimum atomic E-state index is -4.31. The first-order valence-corrected chi connectivity index (χ1v) is 7.57. The highest BCUT2D eigenvalue weighted by Crippen LogP contribution is 2.24. The van der Waals surface area contributed by atoms with Crippen LogP contribution in [-0.2, 0) is 6.54 Å². The number of rotatable bonds is 5. The van der Waals surface area contributed by atoms with Crippen molar-refractivity contribution < 1.29 is 18.0 Å². The fourth-order valence-electron chi connectivity index (χ4n) is 2.16. The van der Waals surface area contributed by atoms with Crippen molar-refractivity contribution in [1.82, 2.24) is 9.55 Å². The normalized spacial score (nSPS) is 11.7. The number of hydrogen-bond donors (Lipinski definition) is 0. The third-order valence-corrected chi connectivity index (χ3v) is 4.14. The molecule has 0 saturated carbocycles. The summed E-state index contributed by atoms with van der Waals surface area (Å²) in [6.07, 6.45) is -2.68. The van der Waals surface area contributed by atoms with Gasteiger partial charge in [-0.3, -0.25) is 4.79 Å². The van der Waals surface area contributed by atoms with Crippen LogP contribution in [0.5, 0.6) is 0 Å². The average molecular weight is 328 g/mol. The first kappa shape index (κ1) is 16.6. The molecule has 0 N–H and O–H groups in total. The Labute approximate surface area is 130 Å². The minimum absolute atomic E-state index is 0.146. The summed E-state index contributed by atoms with van der Waals surface area (Å²) >= 11 is 1.27. The van der Waals surface area contributed by atoms with Crippen LogP contribution in [0.3, 0.4) is 0 Å². The van der Waals surface area contributed by atoms with Crippen LogP contribution in [0.1, 0.15) is 21.7 Å². The molecule has 2 aromatic heterocycles. The first-order valence-electron chi connectivity index (χ1n) is 6.58. The molecule has 0 fully saturated rings. The van der Waals surface area contributed by atoms with E-state index in [1.807, 2.05) is 6.07 Å². The van der Waals surface area contributed by atoms with Gasteiger partial charge >= 0.3 is 6.18 Å². The van der Waals surface area contributed by atoms with Gasteiger partial charge in [-0.1, -0.05) is 17.8 Å². The van der Waals surface area contributed by atoms with Gasteiger partial charge in [0.25, 0.3) is 0 Å². The van der Waals surface area contributed by atoms with Crippen LogP contribution in [0.4, 0.5) is 13.2 Å². The van der Waals surface area contributed by atoms with Crippen LogP contribution in [0.25, 0.3) is 0 Å². The lowest BCUT2D eigenvalue weighted by atomic mass is 10.2. The number of thioether (sulfide) groups is 1. The van der Waals surface area contributed by atoms with Gasteiger partial charge in [-0.15, -0.1) is 0 Å². The van der Waals surface area contributed by atoms with Crippen LogP contribution < -0.4 is 0 Å². The molecule has 3 nitrogen and oxygen atoms in total. The predicted molar refractivity (Wildman–Crippen MR) is 79.3 cm³/mol. The number of nitrogens with zero attached hydrogens (tertiary/aromatic N) is 2. The Morgan fingerprint density at radius 3 is 2.64 bits per heavy atom. The maximum absolute atomic E-state index is 12.6. The van der Waals surface area contributed by atoms with E-state index in [1.165, 1.54) is 24.8 Å². The van der Waals surface area contributed by atoms with Gasteiger partial charge in [0.05, 0.1) is 10.8 Å². The molecule has 118 valence electrons. The topological polar surface area (TPSA) is 34.9 Å². The summed E-state index contributed by atoms with van der Waals surface area (Å²) in [6, 6.07) is 6.89. The van der Waals surface area contributed by atoms with E-state index in [0.717, 1.165) is 4.57 Å². The fourth-order valence-corrected chi connectivity index (χ4v) is 2.90. The summed E-state index contributed by atoms with van der Waals surface area (Å²) in [4.78, 5) is 16.3. The maximum atomic E-state index is 12.6. The van der Waals surface area contributed by atoms with Crippen molar-refractivity contribution in [2.24, 2.45) is 0 Å². The summed E-state index contributed by atoms with van der Waals surface area (Å²) in [6.45, 7) is 2.03. The van der Waals surface area contributed by atoms with Gasteiger partial charge in [-0.05, 0) is 32.0 Å². The number of carbonyl (C=O) groups is 1. The van der Waals surface area contributed by atoms with E-state index in [9.17, 15) is 18.0 Å². The van der Waals surface area contributed by atoms with Gasteiger partial charge in [-0.25, -0.2) is 4.98 Å². The molecule has 2 heterocycles. The second-order valence-corrected chi connectivity index (χ2v) is 5.86. The number of ketones is 1. The largest absolute Gasteiger partial charge is 0.406 e. The number of aromatic nitrogens is 2. The highest BCUT2D eigenvalue weighted by molar-refractivity contribution is 7.99. The monoisotopic (exact) mass is 328 g/mol. The molecule has 0 atom stereocenters. The number of hydrogen-bond acceptors (Lipinski definition) is 3. The molecule has 0 radical (unpaired) electrons. The Balaban J connectivity index is 2.12. The lowest BCUT2D eigenvalue weighted by Crippen LogP contribution is -2.19. The van der Waals surface area contributed by atoms with Gasteiger partial charge in [0.1, 0.15) is 6.54 Å². The van der Waals surface area contributed by atoms with E-state index in [-0.39, 0.29) is 11.5 Å². The lowest BCUT2D eigenvalue weighted by Gasteiger charge is -2.12. The van der Waals surface area contributed by atoms with Gasteiger partial charge in [-0.2, -0.15) is 13.2 Å². The van der Waals surface area contributed by atoms with Crippen molar-refractivity contribution in [3.63, 3.8) is 0 Å². The zero-order chi connectivity index (χ0) is 16.3. The van der Waals surface area contributed by atoms with Crippen LogP contribution in [0, 0.1) is 13.8 Å². The summed E-state index contributed by atoms with van der Waals surface area (Å²) in [7, 11) is 0. The number of alkyl halides is 3. The third kappa shape index (κ3) is 4.13. The molecule has 0 unspecified atom stereocenters. The van der Waals surface area contributed by atoms with Crippen LogP contribution in [0.2, 0.25) is 0 Å². The van der Waals surface area contributed by atoms with Crippen LogP contribution in [-0.4, -0.2) is 27.3 Å². The first-order chi connectivity index (χ1) is 10.3. The molecule has 0 aliphatic carbocycles. The number of carbonyl (C=O) groups excluding carboxylic acids is 1. The summed E-state index contributed by atoms with van der Waals surface area (Å²) in [5.74, 6) is -0.0509. The van der Waals surface area contributed by atoms with E-state index in [2.05, 4.69) is 4.98 Å². The second kappa shape index (κ2) is 6.56. The fraction of sp³-hybridized carbons (Fsp3) is 0.333. The maximum Gasteiger partial charge on any atom is 0.406 e. The molecule has 0 aliphatic heterocycles. The van der Waals surface area contributed by atoms with Gasteiger partial charge in [0, 0.05) is 23.1 Å². The molecular formula is C15H15F3N2OS. The Morgan fingerprint density at radius 2 is 2.05 bits per heavy atom. The van der Waals surface area contributed by atoms with Gasteiger partial charge in [0.2, 0.25) is 0 Å². The molecule has 22 heavy (non-hydrogen) atoms. The predicted octanol–water partition coefficient (Wildman–Crippen LogP) is 4.04. The van der Waals surface area contributed by atoms with Crippen molar-refractivity contribution >= 4 is 17.5 Å². The van der Waals surface area contributed by atoms with Gasteiger partial charge < -0.3 is 4.57 Å². The third-order valence-electron chi connectivity index (χ3n) is 3.20. The number of halogens is 3. The lowest BCUT2D eigenvalue weighted by molar-refractivity contribution is -0.141. The molecule has 0 spiro atoms. The van der Waals surface area contributed by atoms with Crippen molar-refractivity contribution in [2.45, 2.75) is 31.6 Å². The minimum Gasteiger partial charge on any atom is -0.339 e. The standard InChI is InChI=1S/C15H15F3N2OS/c1-10-7-12(11(2)20(10)9-15(16,17)18)13(21)8-22-14-5-3-4-6-19-14/h3-7H,8-9H2,1-2H3. The van der Waals surface area contributed by atoms with E-state index in [1.54, 1.807) is 25.3 Å². The van der Waals surface area contributed by atoms with E-state index in [4.69, 9.17) is 0 Å². The Kier molecular flexibility index (Phi) is 4.95. The van der Waals surface area contributed by atoms with Crippen molar-refractivity contribution in [3.8, 4) is 0 Å². The molecule has 0 aromatic carbocycles. The Hall–Kier alpha value is -1.76. The molecule has 0 aliphatic rings. The molecule has 0 bridgehead atoms. The highest BCUT2D eigenvalue weighted by atomic mass is 32.2. The molecule has 0 saturated heterocycles. The van der Waals surface area contributed by atoms with E-state index in [0.29, 0.717) is 22.0 Å². The molecule has 7 heteroatoms. The number of pyridine rings is 1. The number of aryl methyl sites for hydroxylation is 1. The molecular weight excluding hydrogens is 313 g/mol. The van der Waals surface area contributed by atoms with Crippen LogP contribution in [0.15, 0.2) is 35.5 Å². The van der Waals surface area contributed by atoms with Crippen molar-refractivity contribution in [2.75, 3.05) is 5.75 Å². The summed E-state index contributed by atoms with van der Waals surface area (Å²) in [5, 5.41) is 0.708. The second-order valence-electron chi connectivity index (χ2n) is 4.87. The number of Topliss-reactive ketones (excluding diaryl/α,β-unsaturated/α-hetero) is 1. The average Bonchev–Trinajstić information content (AvgIpc) is 2.72. The quantitative estimate of drug-likeness (QED) is 0.614. The zero-order valence-electron chi connectivity index (χ0n) is 12.1. The Bertz CT molecular complexity index is 665.